The summed E-state index contributed by atoms with van der Waals surface area (Å²) in [6.07, 6.45) is 2.98. The van der Waals surface area contributed by atoms with Gasteiger partial charge in [-0.25, -0.2) is 9.97 Å². The summed E-state index contributed by atoms with van der Waals surface area (Å²) in [6, 6.07) is 6.95. The molecule has 0 fully saturated rings. The summed E-state index contributed by atoms with van der Waals surface area (Å²) in [5, 5.41) is 6.24. The lowest BCUT2D eigenvalue weighted by Crippen LogP contribution is -2.16. The second kappa shape index (κ2) is 5.60. The van der Waals surface area contributed by atoms with Crippen molar-refractivity contribution in [1.82, 2.24) is 20.1 Å². The molecule has 0 spiro atoms. The molecule has 0 aliphatic heterocycles. The van der Waals surface area contributed by atoms with Crippen LogP contribution in [0.3, 0.4) is 0 Å². The molecular weight excluding hydrogens is 284 g/mol. The molecule has 0 aromatic carbocycles. The molecule has 0 bridgehead atoms. The standard InChI is InChI=1S/C14H12N6O2/c1-8-6-11(20-22-8)18-14(21)9-7-17-13(19-12(9)15)10-4-2-3-5-16-10/h2-7H,1H3,(H2,15,17,19)(H,18,20,21). The molecule has 0 saturated carbocycles. The first-order chi connectivity index (χ1) is 10.6. The number of nitrogens with one attached hydrogen (secondary N) is 1. The number of anilines is 2. The zero-order valence-corrected chi connectivity index (χ0v) is 11.6. The molecular formula is C14H12N6O2. The van der Waals surface area contributed by atoms with Crippen LogP contribution < -0.4 is 11.1 Å². The van der Waals surface area contributed by atoms with E-state index in [-0.39, 0.29) is 11.4 Å². The maximum Gasteiger partial charge on any atom is 0.262 e. The maximum atomic E-state index is 12.1. The van der Waals surface area contributed by atoms with Gasteiger partial charge in [0.2, 0.25) is 0 Å². The van der Waals surface area contributed by atoms with E-state index in [4.69, 9.17) is 10.3 Å². The fraction of sp³-hybridized carbons (Fsp3) is 0.0714. The van der Waals surface area contributed by atoms with Gasteiger partial charge in [0.1, 0.15) is 22.8 Å². The van der Waals surface area contributed by atoms with Gasteiger partial charge in [-0.2, -0.15) is 0 Å². The Hall–Kier alpha value is -3.29. The van der Waals surface area contributed by atoms with Gasteiger partial charge in [-0.3, -0.25) is 9.78 Å². The molecule has 0 aliphatic rings. The van der Waals surface area contributed by atoms with Gasteiger partial charge in [-0.1, -0.05) is 11.2 Å². The quantitative estimate of drug-likeness (QED) is 0.754. The number of aromatic nitrogens is 4. The van der Waals surface area contributed by atoms with Gasteiger partial charge >= 0.3 is 0 Å². The molecule has 3 aromatic heterocycles. The van der Waals surface area contributed by atoms with Crippen LogP contribution in [0, 0.1) is 6.92 Å². The second-order valence-electron chi connectivity index (χ2n) is 4.48. The molecule has 1 amide bonds. The van der Waals surface area contributed by atoms with Crippen LogP contribution in [0.5, 0.6) is 0 Å². The largest absolute Gasteiger partial charge is 0.383 e. The first kappa shape index (κ1) is 13.7. The van der Waals surface area contributed by atoms with Crippen molar-refractivity contribution in [3.63, 3.8) is 0 Å². The SMILES string of the molecule is Cc1cc(NC(=O)c2cnc(-c3ccccn3)nc2N)no1. The molecule has 3 heterocycles. The number of amides is 1. The molecule has 8 heteroatoms. The number of nitrogens with two attached hydrogens (primary N) is 1. The van der Waals surface area contributed by atoms with Crippen LogP contribution in [0.2, 0.25) is 0 Å². The Morgan fingerprint density at radius 2 is 2.18 bits per heavy atom. The van der Waals surface area contributed by atoms with E-state index in [0.29, 0.717) is 23.1 Å². The highest BCUT2D eigenvalue weighted by Gasteiger charge is 2.15. The first-order valence-corrected chi connectivity index (χ1v) is 6.42. The van der Waals surface area contributed by atoms with Crippen LogP contribution in [0.1, 0.15) is 16.1 Å². The van der Waals surface area contributed by atoms with E-state index in [2.05, 4.69) is 25.4 Å². The zero-order chi connectivity index (χ0) is 15.5. The highest BCUT2D eigenvalue weighted by molar-refractivity contribution is 6.06. The molecule has 8 nitrogen and oxygen atoms in total. The Kier molecular flexibility index (Phi) is 3.48. The van der Waals surface area contributed by atoms with Crippen molar-refractivity contribution in [2.45, 2.75) is 6.92 Å². The third-order valence-electron chi connectivity index (χ3n) is 2.83. The number of aryl methyl sites for hydroxylation is 1. The van der Waals surface area contributed by atoms with Crippen molar-refractivity contribution in [3.8, 4) is 11.5 Å². The van der Waals surface area contributed by atoms with E-state index in [0.717, 1.165) is 0 Å². The Labute approximate surface area is 125 Å². The third kappa shape index (κ3) is 2.75. The lowest BCUT2D eigenvalue weighted by Gasteiger charge is -2.05. The zero-order valence-electron chi connectivity index (χ0n) is 11.6. The number of hydrogen-bond acceptors (Lipinski definition) is 7. The van der Waals surface area contributed by atoms with Crippen LogP contribution in [0.15, 0.2) is 41.2 Å². The maximum absolute atomic E-state index is 12.1. The van der Waals surface area contributed by atoms with Crippen LogP contribution in [0.4, 0.5) is 11.6 Å². The minimum atomic E-state index is -0.460. The molecule has 110 valence electrons. The fourth-order valence-electron chi connectivity index (χ4n) is 1.80. The molecule has 0 saturated heterocycles. The van der Waals surface area contributed by atoms with E-state index in [1.54, 1.807) is 31.3 Å². The predicted octanol–water partition coefficient (Wildman–Crippen LogP) is 1.67. The van der Waals surface area contributed by atoms with Gasteiger partial charge in [0.15, 0.2) is 11.6 Å². The van der Waals surface area contributed by atoms with Crippen LogP contribution in [0.25, 0.3) is 11.5 Å². The van der Waals surface area contributed by atoms with E-state index in [9.17, 15) is 4.79 Å². The van der Waals surface area contributed by atoms with Crippen LogP contribution >= 0.6 is 0 Å². The number of carbonyl (C=O) groups is 1. The molecule has 3 aromatic rings. The van der Waals surface area contributed by atoms with Gasteiger partial charge in [-0.05, 0) is 19.1 Å². The molecule has 22 heavy (non-hydrogen) atoms. The highest BCUT2D eigenvalue weighted by Crippen LogP contribution is 2.16. The minimum absolute atomic E-state index is 0.0633. The Balaban J connectivity index is 1.84. The summed E-state index contributed by atoms with van der Waals surface area (Å²) in [5.74, 6) is 0.847. The number of pyridine rings is 1. The minimum Gasteiger partial charge on any atom is -0.383 e. The first-order valence-electron chi connectivity index (χ1n) is 6.42. The lowest BCUT2D eigenvalue weighted by molar-refractivity contribution is 0.102. The summed E-state index contributed by atoms with van der Waals surface area (Å²) in [6.45, 7) is 1.72. The number of rotatable bonds is 3. The highest BCUT2D eigenvalue weighted by atomic mass is 16.5. The van der Waals surface area contributed by atoms with E-state index in [1.165, 1.54) is 6.20 Å². The number of carbonyl (C=O) groups excluding carboxylic acids is 1. The molecule has 3 N–H and O–H groups in total. The number of hydrogen-bond donors (Lipinski definition) is 2. The summed E-state index contributed by atoms with van der Waals surface area (Å²) >= 11 is 0. The van der Waals surface area contributed by atoms with Crippen molar-refractivity contribution in [2.24, 2.45) is 0 Å². The predicted molar refractivity (Wildman–Crippen MR) is 78.9 cm³/mol. The fourth-order valence-corrected chi connectivity index (χ4v) is 1.80. The lowest BCUT2D eigenvalue weighted by atomic mass is 10.2. The Bertz CT molecular complexity index is 815. The van der Waals surface area contributed by atoms with Gasteiger partial charge < -0.3 is 15.6 Å². The Morgan fingerprint density at radius 1 is 1.32 bits per heavy atom. The van der Waals surface area contributed by atoms with Crippen LogP contribution in [-0.2, 0) is 0 Å². The van der Waals surface area contributed by atoms with E-state index >= 15 is 0 Å². The van der Waals surface area contributed by atoms with Crippen LogP contribution in [-0.4, -0.2) is 26.0 Å². The summed E-state index contributed by atoms with van der Waals surface area (Å²) < 4.78 is 4.87. The normalized spacial score (nSPS) is 10.4. The van der Waals surface area contributed by atoms with Gasteiger partial charge in [0, 0.05) is 18.5 Å². The average Bonchev–Trinajstić information content (AvgIpc) is 2.93. The van der Waals surface area contributed by atoms with Crippen molar-refractivity contribution < 1.29 is 9.32 Å². The molecule has 0 aliphatic carbocycles. The molecule has 0 radical (unpaired) electrons. The Morgan fingerprint density at radius 3 is 2.82 bits per heavy atom. The average molecular weight is 296 g/mol. The van der Waals surface area contributed by atoms with Crippen molar-refractivity contribution in [1.29, 1.82) is 0 Å². The van der Waals surface area contributed by atoms with Crippen molar-refractivity contribution in [3.05, 3.63) is 48.0 Å². The topological polar surface area (TPSA) is 120 Å². The smallest absolute Gasteiger partial charge is 0.262 e. The summed E-state index contributed by atoms with van der Waals surface area (Å²) in [4.78, 5) is 24.5. The second-order valence-corrected chi connectivity index (χ2v) is 4.48. The molecule has 0 unspecified atom stereocenters. The van der Waals surface area contributed by atoms with Gasteiger partial charge in [0.05, 0.1) is 0 Å². The van der Waals surface area contributed by atoms with Gasteiger partial charge in [0.25, 0.3) is 5.91 Å². The number of nitrogens with zero attached hydrogens (tertiary/aromatic N) is 4. The van der Waals surface area contributed by atoms with E-state index < -0.39 is 5.91 Å². The summed E-state index contributed by atoms with van der Waals surface area (Å²) in [5.41, 5.74) is 6.57. The third-order valence-corrected chi connectivity index (χ3v) is 2.83. The molecule has 3 rings (SSSR count). The van der Waals surface area contributed by atoms with Crippen molar-refractivity contribution in [2.75, 3.05) is 11.1 Å². The monoisotopic (exact) mass is 296 g/mol. The van der Waals surface area contributed by atoms with Gasteiger partial charge in [-0.15, -0.1) is 0 Å². The number of nitrogen functional groups attached to an aromatic ring is 1. The molecule has 0 atom stereocenters. The summed E-state index contributed by atoms with van der Waals surface area (Å²) in [7, 11) is 0. The van der Waals surface area contributed by atoms with E-state index in [1.807, 2.05) is 6.07 Å². The van der Waals surface area contributed by atoms with Crippen molar-refractivity contribution >= 4 is 17.5 Å².